The Kier molecular flexibility index (Phi) is 4.76. The molecule has 1 aliphatic carbocycles. The van der Waals surface area contributed by atoms with Gasteiger partial charge in [-0.15, -0.1) is 0 Å². The predicted octanol–water partition coefficient (Wildman–Crippen LogP) is 1.67. The van der Waals surface area contributed by atoms with Gasteiger partial charge in [-0.2, -0.15) is 5.10 Å². The molecule has 1 saturated carbocycles. The number of carbonyl (C=O) groups excluding carboxylic acids is 1. The molecule has 0 radical (unpaired) electrons. The summed E-state index contributed by atoms with van der Waals surface area (Å²) in [6, 6.07) is -0.285. The number of nitrogens with zero attached hydrogens (tertiary/aromatic N) is 2. The van der Waals surface area contributed by atoms with E-state index in [0.717, 1.165) is 25.7 Å². The highest BCUT2D eigenvalue weighted by Crippen LogP contribution is 2.24. The summed E-state index contributed by atoms with van der Waals surface area (Å²) in [7, 11) is 0. The lowest BCUT2D eigenvalue weighted by molar-refractivity contribution is -0.142. The van der Waals surface area contributed by atoms with Crippen LogP contribution in [0.4, 0.5) is 0 Å². The fourth-order valence-corrected chi connectivity index (χ4v) is 2.68. The average molecular weight is 279 g/mol. The van der Waals surface area contributed by atoms with Crippen LogP contribution in [0, 0.1) is 5.92 Å². The topological polar surface area (TPSA) is 84.2 Å². The molecule has 2 atom stereocenters. The first kappa shape index (κ1) is 14.6. The van der Waals surface area contributed by atoms with Crippen molar-refractivity contribution in [1.29, 1.82) is 0 Å². The van der Waals surface area contributed by atoms with Crippen LogP contribution in [0.15, 0.2) is 12.4 Å². The summed E-state index contributed by atoms with van der Waals surface area (Å²) in [6.07, 6.45) is 7.47. The van der Waals surface area contributed by atoms with E-state index in [4.69, 9.17) is 0 Å². The number of amides is 1. The van der Waals surface area contributed by atoms with E-state index in [9.17, 15) is 14.7 Å². The lowest BCUT2D eigenvalue weighted by atomic mass is 9.94. The molecule has 0 bridgehead atoms. The Balaban J connectivity index is 2.05. The zero-order valence-electron chi connectivity index (χ0n) is 11.7. The lowest BCUT2D eigenvalue weighted by Gasteiger charge is -2.22. The third kappa shape index (κ3) is 3.37. The van der Waals surface area contributed by atoms with Gasteiger partial charge in [0.05, 0.1) is 17.7 Å². The molecule has 1 aliphatic rings. The summed E-state index contributed by atoms with van der Waals surface area (Å²) in [5.41, 5.74) is 0.486. The third-order valence-corrected chi connectivity index (χ3v) is 3.87. The Hall–Kier alpha value is -1.85. The molecule has 6 heteroatoms. The van der Waals surface area contributed by atoms with E-state index in [1.807, 2.05) is 6.92 Å². The van der Waals surface area contributed by atoms with E-state index < -0.39 is 11.9 Å². The van der Waals surface area contributed by atoms with Gasteiger partial charge in [0.25, 0.3) is 5.91 Å². The minimum Gasteiger partial charge on any atom is -0.481 e. The first-order valence-corrected chi connectivity index (χ1v) is 7.18. The summed E-state index contributed by atoms with van der Waals surface area (Å²) in [5, 5.41) is 16.2. The van der Waals surface area contributed by atoms with Crippen molar-refractivity contribution < 1.29 is 14.7 Å². The second-order valence-electron chi connectivity index (χ2n) is 5.25. The van der Waals surface area contributed by atoms with Crippen LogP contribution in [0.5, 0.6) is 0 Å². The van der Waals surface area contributed by atoms with Gasteiger partial charge in [-0.3, -0.25) is 14.3 Å². The molecule has 1 aromatic heterocycles. The normalized spacial score (nSPS) is 23.1. The highest BCUT2D eigenvalue weighted by atomic mass is 16.4. The number of carboxylic acid groups (broad SMARTS) is 1. The van der Waals surface area contributed by atoms with Crippen LogP contribution in [-0.4, -0.2) is 32.8 Å². The average Bonchev–Trinajstić information content (AvgIpc) is 2.79. The molecule has 110 valence electrons. The van der Waals surface area contributed by atoms with Crippen molar-refractivity contribution in [2.75, 3.05) is 0 Å². The number of hydrogen-bond donors (Lipinski definition) is 2. The molecule has 2 N–H and O–H groups in total. The minimum atomic E-state index is -0.818. The van der Waals surface area contributed by atoms with E-state index in [2.05, 4.69) is 10.4 Å². The van der Waals surface area contributed by atoms with Crippen LogP contribution in [0.3, 0.4) is 0 Å². The van der Waals surface area contributed by atoms with Crippen molar-refractivity contribution in [3.63, 3.8) is 0 Å². The summed E-state index contributed by atoms with van der Waals surface area (Å²) >= 11 is 0. The van der Waals surface area contributed by atoms with Gasteiger partial charge in [-0.25, -0.2) is 0 Å². The Morgan fingerprint density at radius 3 is 2.80 bits per heavy atom. The second-order valence-corrected chi connectivity index (χ2v) is 5.25. The molecule has 1 fully saturated rings. The standard InChI is InChI=1S/C14H21N3O3/c1-2-17-9-10(8-15-17)13(18)16-12-7-5-3-4-6-11(12)14(19)20/h8-9,11-12H,2-7H2,1H3,(H,16,18)(H,19,20)/t11-,12+/m0/s1. The quantitative estimate of drug-likeness (QED) is 0.821. The van der Waals surface area contributed by atoms with Crippen molar-refractivity contribution in [2.45, 2.75) is 51.6 Å². The minimum absolute atomic E-state index is 0.233. The number of aliphatic carboxylic acids is 1. The van der Waals surface area contributed by atoms with E-state index in [0.29, 0.717) is 18.5 Å². The Morgan fingerprint density at radius 1 is 1.40 bits per heavy atom. The fraction of sp³-hybridized carbons (Fsp3) is 0.643. The number of nitrogens with one attached hydrogen (secondary N) is 1. The largest absolute Gasteiger partial charge is 0.481 e. The van der Waals surface area contributed by atoms with Gasteiger partial charge in [0.1, 0.15) is 0 Å². The van der Waals surface area contributed by atoms with Gasteiger partial charge in [-0.1, -0.05) is 19.3 Å². The van der Waals surface area contributed by atoms with Crippen LogP contribution in [0.25, 0.3) is 0 Å². The molecule has 6 nitrogen and oxygen atoms in total. The number of carbonyl (C=O) groups is 2. The molecule has 0 spiro atoms. The molecule has 0 unspecified atom stereocenters. The number of carboxylic acids is 1. The first-order valence-electron chi connectivity index (χ1n) is 7.18. The molecule has 1 heterocycles. The zero-order valence-corrected chi connectivity index (χ0v) is 11.7. The smallest absolute Gasteiger partial charge is 0.308 e. The number of rotatable bonds is 4. The molecule has 20 heavy (non-hydrogen) atoms. The van der Waals surface area contributed by atoms with Crippen LogP contribution in [0.2, 0.25) is 0 Å². The van der Waals surface area contributed by atoms with Crippen LogP contribution >= 0.6 is 0 Å². The molecule has 0 aliphatic heterocycles. The number of aryl methyl sites for hydroxylation is 1. The van der Waals surface area contributed by atoms with E-state index >= 15 is 0 Å². The van der Waals surface area contributed by atoms with Gasteiger partial charge in [0.15, 0.2) is 0 Å². The van der Waals surface area contributed by atoms with E-state index in [-0.39, 0.29) is 11.9 Å². The SMILES string of the molecule is CCn1cc(C(=O)N[C@@H]2CCCCC[C@@H]2C(=O)O)cn1. The zero-order chi connectivity index (χ0) is 14.5. The van der Waals surface area contributed by atoms with Gasteiger partial charge in [0, 0.05) is 18.8 Å². The monoisotopic (exact) mass is 279 g/mol. The Labute approximate surface area is 118 Å². The van der Waals surface area contributed by atoms with Crippen molar-refractivity contribution in [1.82, 2.24) is 15.1 Å². The lowest BCUT2D eigenvalue weighted by Crippen LogP contribution is -2.42. The second kappa shape index (κ2) is 6.54. The highest BCUT2D eigenvalue weighted by molar-refractivity contribution is 5.94. The predicted molar refractivity (Wildman–Crippen MR) is 73.4 cm³/mol. The van der Waals surface area contributed by atoms with E-state index in [1.54, 1.807) is 10.9 Å². The van der Waals surface area contributed by atoms with E-state index in [1.165, 1.54) is 6.20 Å². The van der Waals surface area contributed by atoms with Crippen molar-refractivity contribution in [3.05, 3.63) is 18.0 Å². The van der Waals surface area contributed by atoms with Gasteiger partial charge in [0.2, 0.25) is 0 Å². The summed E-state index contributed by atoms with van der Waals surface area (Å²) in [4.78, 5) is 23.5. The summed E-state index contributed by atoms with van der Waals surface area (Å²) in [6.45, 7) is 2.65. The Morgan fingerprint density at radius 2 is 2.15 bits per heavy atom. The van der Waals surface area contributed by atoms with Gasteiger partial charge in [-0.05, 0) is 19.8 Å². The van der Waals surface area contributed by atoms with Crippen molar-refractivity contribution >= 4 is 11.9 Å². The first-order chi connectivity index (χ1) is 9.61. The summed E-state index contributed by atoms with van der Waals surface area (Å²) < 4.78 is 1.68. The highest BCUT2D eigenvalue weighted by Gasteiger charge is 2.30. The van der Waals surface area contributed by atoms with Crippen LogP contribution in [0.1, 0.15) is 49.4 Å². The molecule has 2 rings (SSSR count). The van der Waals surface area contributed by atoms with Gasteiger partial charge < -0.3 is 10.4 Å². The molecular formula is C14H21N3O3. The number of hydrogen-bond acceptors (Lipinski definition) is 3. The maximum absolute atomic E-state index is 12.2. The van der Waals surface area contributed by atoms with Crippen molar-refractivity contribution in [3.8, 4) is 0 Å². The molecular weight excluding hydrogens is 258 g/mol. The molecule has 1 aromatic rings. The van der Waals surface area contributed by atoms with Crippen LogP contribution in [-0.2, 0) is 11.3 Å². The van der Waals surface area contributed by atoms with Gasteiger partial charge >= 0.3 is 5.97 Å². The Bertz CT molecular complexity index is 484. The maximum Gasteiger partial charge on any atom is 0.308 e. The molecule has 1 amide bonds. The summed E-state index contributed by atoms with van der Waals surface area (Å²) in [5.74, 6) is -1.54. The fourth-order valence-electron chi connectivity index (χ4n) is 2.68. The van der Waals surface area contributed by atoms with Crippen molar-refractivity contribution in [2.24, 2.45) is 5.92 Å². The number of aromatic nitrogens is 2. The maximum atomic E-state index is 12.2. The third-order valence-electron chi connectivity index (χ3n) is 3.87. The molecule has 0 aromatic carbocycles. The molecule has 0 saturated heterocycles. The van der Waals surface area contributed by atoms with Crippen LogP contribution < -0.4 is 5.32 Å².